The third-order valence-corrected chi connectivity index (χ3v) is 3.41. The number of benzene rings is 1. The third-order valence-electron chi connectivity index (χ3n) is 3.41. The molecule has 124 valence electrons. The van der Waals surface area contributed by atoms with Crippen molar-refractivity contribution >= 4 is 11.6 Å². The Morgan fingerprint density at radius 2 is 1.96 bits per heavy atom. The highest BCUT2D eigenvalue weighted by Gasteiger charge is 2.21. The van der Waals surface area contributed by atoms with Gasteiger partial charge in [-0.2, -0.15) is 5.10 Å². The molecule has 1 amide bonds. The highest BCUT2D eigenvalue weighted by Crippen LogP contribution is 2.27. The molecule has 0 saturated heterocycles. The second-order valence-electron chi connectivity index (χ2n) is 4.87. The highest BCUT2D eigenvalue weighted by molar-refractivity contribution is 5.99. The first-order chi connectivity index (χ1) is 11.4. The Bertz CT molecular complexity index is 939. The lowest BCUT2D eigenvalue weighted by Gasteiger charge is -2.08. The van der Waals surface area contributed by atoms with Crippen LogP contribution in [0.5, 0.6) is 0 Å². The summed E-state index contributed by atoms with van der Waals surface area (Å²) in [7, 11) is 1.37. The topological polar surface area (TPSA) is 59.3 Å². The van der Waals surface area contributed by atoms with Crippen molar-refractivity contribution in [3.8, 4) is 11.3 Å². The lowest BCUT2D eigenvalue weighted by atomic mass is 10.1. The fourth-order valence-electron chi connectivity index (χ4n) is 2.24. The van der Waals surface area contributed by atoms with Gasteiger partial charge >= 0.3 is 0 Å². The van der Waals surface area contributed by atoms with Gasteiger partial charge in [0.2, 0.25) is 0 Å². The maximum absolute atomic E-state index is 13.4. The average molecular weight is 338 g/mol. The largest absolute Gasteiger partial charge is 0.355 e. The first kappa shape index (κ1) is 15.9. The minimum Gasteiger partial charge on any atom is -0.355 e. The summed E-state index contributed by atoms with van der Waals surface area (Å²) in [5.41, 5.74) is -0.560. The van der Waals surface area contributed by atoms with Crippen LogP contribution in [0.25, 0.3) is 16.9 Å². The molecule has 3 rings (SSSR count). The molecule has 0 aliphatic heterocycles. The van der Waals surface area contributed by atoms with Crippen molar-refractivity contribution in [1.29, 1.82) is 0 Å². The van der Waals surface area contributed by atoms with Crippen LogP contribution in [0.4, 0.5) is 17.6 Å². The molecule has 0 aliphatic carbocycles. The summed E-state index contributed by atoms with van der Waals surface area (Å²) in [6.45, 7) is 0. The zero-order valence-corrected chi connectivity index (χ0v) is 12.2. The maximum atomic E-state index is 13.4. The zero-order valence-electron chi connectivity index (χ0n) is 12.2. The van der Waals surface area contributed by atoms with Crippen LogP contribution in [0, 0.1) is 11.6 Å². The van der Waals surface area contributed by atoms with Crippen molar-refractivity contribution in [2.45, 2.75) is 6.43 Å². The number of carbonyl (C=O) groups excluding carboxylic acids is 1. The third kappa shape index (κ3) is 2.57. The van der Waals surface area contributed by atoms with Gasteiger partial charge in [-0.25, -0.2) is 27.1 Å². The van der Waals surface area contributed by atoms with Crippen molar-refractivity contribution in [2.24, 2.45) is 0 Å². The average Bonchev–Trinajstić information content (AvgIpc) is 2.99. The van der Waals surface area contributed by atoms with E-state index in [4.69, 9.17) is 0 Å². The Balaban J connectivity index is 2.28. The number of fused-ring (bicyclic) bond motifs is 1. The Hall–Kier alpha value is -2.97. The smallest absolute Gasteiger partial charge is 0.280 e. The molecule has 1 aromatic carbocycles. The second kappa shape index (κ2) is 5.91. The summed E-state index contributed by atoms with van der Waals surface area (Å²) in [5.74, 6) is -2.75. The Morgan fingerprint density at radius 3 is 2.58 bits per heavy atom. The van der Waals surface area contributed by atoms with Crippen molar-refractivity contribution in [2.75, 3.05) is 7.05 Å². The van der Waals surface area contributed by atoms with Gasteiger partial charge in [0.25, 0.3) is 12.3 Å². The maximum Gasteiger partial charge on any atom is 0.280 e. The number of amides is 1. The molecular formula is C15H10F4N4O. The summed E-state index contributed by atoms with van der Waals surface area (Å²) >= 11 is 0. The van der Waals surface area contributed by atoms with E-state index >= 15 is 0 Å². The van der Waals surface area contributed by atoms with Crippen molar-refractivity contribution in [3.05, 3.63) is 53.4 Å². The second-order valence-corrected chi connectivity index (χ2v) is 4.87. The number of aromatic nitrogens is 3. The van der Waals surface area contributed by atoms with E-state index in [1.807, 2.05) is 0 Å². The number of nitrogens with one attached hydrogen (secondary N) is 1. The zero-order chi connectivity index (χ0) is 17.4. The summed E-state index contributed by atoms with van der Waals surface area (Å²) in [6.07, 6.45) is -1.79. The van der Waals surface area contributed by atoms with Crippen LogP contribution >= 0.6 is 0 Å². The van der Waals surface area contributed by atoms with Gasteiger partial charge in [0, 0.05) is 12.6 Å². The van der Waals surface area contributed by atoms with E-state index in [9.17, 15) is 22.4 Å². The van der Waals surface area contributed by atoms with E-state index in [1.165, 1.54) is 13.1 Å². The van der Waals surface area contributed by atoms with Crippen molar-refractivity contribution in [1.82, 2.24) is 19.9 Å². The number of carbonyl (C=O) groups is 1. The molecule has 2 heterocycles. The van der Waals surface area contributed by atoms with Crippen LogP contribution in [0.1, 0.15) is 22.5 Å². The van der Waals surface area contributed by atoms with Gasteiger partial charge in [-0.05, 0) is 24.3 Å². The minimum atomic E-state index is -2.91. The molecule has 5 nitrogen and oxygen atoms in total. The highest BCUT2D eigenvalue weighted by atomic mass is 19.3. The van der Waals surface area contributed by atoms with Crippen molar-refractivity contribution < 1.29 is 22.4 Å². The lowest BCUT2D eigenvalue weighted by Crippen LogP contribution is -2.18. The first-order valence-corrected chi connectivity index (χ1v) is 6.76. The van der Waals surface area contributed by atoms with Gasteiger partial charge in [0.1, 0.15) is 11.3 Å². The quantitative estimate of drug-likeness (QED) is 0.747. The number of halogens is 4. The van der Waals surface area contributed by atoms with E-state index in [0.717, 1.165) is 28.9 Å². The molecular weight excluding hydrogens is 328 g/mol. The number of rotatable bonds is 3. The summed E-state index contributed by atoms with van der Waals surface area (Å²) in [5, 5.41) is 6.11. The first-order valence-electron chi connectivity index (χ1n) is 6.76. The summed E-state index contributed by atoms with van der Waals surface area (Å²) in [6, 6.07) is 3.95. The minimum absolute atomic E-state index is 0.0103. The van der Waals surface area contributed by atoms with Crippen LogP contribution in [0.3, 0.4) is 0 Å². The van der Waals surface area contributed by atoms with Crippen LogP contribution in [-0.4, -0.2) is 27.6 Å². The van der Waals surface area contributed by atoms with Crippen LogP contribution in [0.15, 0.2) is 30.5 Å². The SMILES string of the molecule is CNC(=O)c1cnn2c(C(F)F)cc(-c3ccc(F)c(F)c3)nc12. The summed E-state index contributed by atoms with van der Waals surface area (Å²) < 4.78 is 53.9. The number of hydrogen-bond acceptors (Lipinski definition) is 3. The monoisotopic (exact) mass is 338 g/mol. The number of hydrogen-bond donors (Lipinski definition) is 1. The standard InChI is InChI=1S/C15H10F4N4O/c1-20-15(24)8-6-21-23-12(13(18)19)5-11(22-14(8)23)7-2-3-9(16)10(17)4-7/h2-6,13H,1H3,(H,20,24). The Labute approximate surface area is 132 Å². The van der Waals surface area contributed by atoms with E-state index in [-0.39, 0.29) is 22.5 Å². The number of nitrogens with zero attached hydrogens (tertiary/aromatic N) is 3. The van der Waals surface area contributed by atoms with Gasteiger partial charge in [-0.3, -0.25) is 4.79 Å². The van der Waals surface area contributed by atoms with Crippen LogP contribution in [0.2, 0.25) is 0 Å². The Morgan fingerprint density at radius 1 is 1.21 bits per heavy atom. The molecule has 1 N–H and O–H groups in total. The van der Waals surface area contributed by atoms with Gasteiger partial charge in [0.05, 0.1) is 11.9 Å². The van der Waals surface area contributed by atoms with E-state index in [2.05, 4.69) is 15.4 Å². The molecule has 0 atom stereocenters. The molecule has 9 heteroatoms. The molecule has 0 spiro atoms. The molecule has 0 saturated carbocycles. The van der Waals surface area contributed by atoms with Crippen LogP contribution in [-0.2, 0) is 0 Å². The molecule has 0 unspecified atom stereocenters. The fourth-order valence-corrected chi connectivity index (χ4v) is 2.24. The van der Waals surface area contributed by atoms with E-state index in [0.29, 0.717) is 0 Å². The predicted octanol–water partition coefficient (Wildman–Crippen LogP) is 2.97. The van der Waals surface area contributed by atoms with Crippen molar-refractivity contribution in [3.63, 3.8) is 0 Å². The predicted molar refractivity (Wildman–Crippen MR) is 76.7 cm³/mol. The van der Waals surface area contributed by atoms with E-state index in [1.54, 1.807) is 0 Å². The molecule has 0 aliphatic rings. The van der Waals surface area contributed by atoms with Gasteiger partial charge in [-0.1, -0.05) is 0 Å². The molecule has 2 aromatic heterocycles. The lowest BCUT2D eigenvalue weighted by molar-refractivity contribution is 0.0964. The summed E-state index contributed by atoms with van der Waals surface area (Å²) in [4.78, 5) is 15.9. The van der Waals surface area contributed by atoms with Gasteiger partial charge in [0.15, 0.2) is 17.3 Å². The van der Waals surface area contributed by atoms with Crippen LogP contribution < -0.4 is 5.32 Å². The van der Waals surface area contributed by atoms with Gasteiger partial charge in [-0.15, -0.1) is 0 Å². The molecule has 3 aromatic rings. The number of alkyl halides is 2. The normalized spacial score (nSPS) is 11.2. The Kier molecular flexibility index (Phi) is 3.92. The fraction of sp³-hybridized carbons (Fsp3) is 0.133. The molecule has 24 heavy (non-hydrogen) atoms. The molecule has 0 bridgehead atoms. The van der Waals surface area contributed by atoms with E-state index < -0.39 is 29.7 Å². The molecule has 0 fully saturated rings. The van der Waals surface area contributed by atoms with Gasteiger partial charge < -0.3 is 5.32 Å². The molecule has 0 radical (unpaired) electrons.